The van der Waals surface area contributed by atoms with Gasteiger partial charge in [-0.15, -0.1) is 0 Å². The van der Waals surface area contributed by atoms with Crippen molar-refractivity contribution < 1.29 is 22.8 Å². The number of oxime groups is 1. The number of anilines is 1. The maximum Gasteiger partial charge on any atom is 0.416 e. The summed E-state index contributed by atoms with van der Waals surface area (Å²) in [6.45, 7) is 3.50. The molecule has 0 saturated heterocycles. The summed E-state index contributed by atoms with van der Waals surface area (Å²) in [4.78, 5) is 21.3. The molecule has 1 aliphatic rings. The maximum absolute atomic E-state index is 12.8. The number of amides is 1. The molecule has 0 fully saturated rings. The molecular weight excluding hydrogens is 447 g/mol. The lowest BCUT2D eigenvalue weighted by Gasteiger charge is -2.20. The van der Waals surface area contributed by atoms with Crippen LogP contribution in [0.2, 0.25) is 0 Å². The Morgan fingerprint density at radius 2 is 1.94 bits per heavy atom. The van der Waals surface area contributed by atoms with Crippen LogP contribution in [0.5, 0.6) is 0 Å². The summed E-state index contributed by atoms with van der Waals surface area (Å²) >= 11 is 0. The zero-order chi connectivity index (χ0) is 24.1. The number of rotatable bonds is 4. The lowest BCUT2D eigenvalue weighted by Crippen LogP contribution is -2.40. The monoisotopic (exact) mass is 467 g/mol. The van der Waals surface area contributed by atoms with Gasteiger partial charge in [0.1, 0.15) is 0 Å². The third kappa shape index (κ3) is 3.91. The van der Waals surface area contributed by atoms with Gasteiger partial charge in [-0.2, -0.15) is 18.3 Å². The first-order valence-electron chi connectivity index (χ1n) is 10.5. The number of carbonyl (C=O) groups excluding carboxylic acids is 1. The first-order valence-corrected chi connectivity index (χ1v) is 10.5. The molecule has 10 heteroatoms. The minimum atomic E-state index is -4.39. The van der Waals surface area contributed by atoms with Crippen molar-refractivity contribution in [3.8, 4) is 16.8 Å². The Labute approximate surface area is 192 Å². The van der Waals surface area contributed by atoms with Crippen LogP contribution in [0.25, 0.3) is 27.7 Å². The normalized spacial score (nSPS) is 18.1. The third-order valence-corrected chi connectivity index (χ3v) is 5.78. The van der Waals surface area contributed by atoms with Crippen LogP contribution in [0.15, 0.2) is 66.2 Å². The molecule has 1 unspecified atom stereocenters. The second-order valence-corrected chi connectivity index (χ2v) is 8.46. The molecule has 2 aromatic carbocycles. The first kappa shape index (κ1) is 21.7. The Bertz CT molecular complexity index is 1420. The van der Waals surface area contributed by atoms with Crippen LogP contribution in [0.3, 0.4) is 0 Å². The molecule has 174 valence electrons. The van der Waals surface area contributed by atoms with E-state index >= 15 is 0 Å². The summed E-state index contributed by atoms with van der Waals surface area (Å²) in [7, 11) is 0. The lowest BCUT2D eigenvalue weighted by atomic mass is 9.99. The Kier molecular flexibility index (Phi) is 4.96. The van der Waals surface area contributed by atoms with Crippen LogP contribution in [0, 0.1) is 0 Å². The lowest BCUT2D eigenvalue weighted by molar-refractivity contribution is -0.137. The van der Waals surface area contributed by atoms with Gasteiger partial charge in [-0.05, 0) is 55.8 Å². The Morgan fingerprint density at radius 1 is 1.18 bits per heavy atom. The number of hydrogen-bond donors (Lipinski definition) is 2. The molecule has 0 bridgehead atoms. The van der Waals surface area contributed by atoms with Gasteiger partial charge in [0, 0.05) is 35.3 Å². The molecule has 0 aliphatic carbocycles. The van der Waals surface area contributed by atoms with E-state index in [9.17, 15) is 18.0 Å². The van der Waals surface area contributed by atoms with Crippen molar-refractivity contribution in [2.45, 2.75) is 32.0 Å². The largest absolute Gasteiger partial charge is 0.416 e. The number of H-pyrrole nitrogens is 1. The number of aromatic amines is 1. The summed E-state index contributed by atoms with van der Waals surface area (Å²) < 4.78 is 40.0. The van der Waals surface area contributed by atoms with Crippen molar-refractivity contribution in [3.05, 3.63) is 66.6 Å². The van der Waals surface area contributed by atoms with Crippen LogP contribution >= 0.6 is 0 Å². The van der Waals surface area contributed by atoms with Crippen LogP contribution in [0.1, 0.15) is 25.8 Å². The van der Waals surface area contributed by atoms with Gasteiger partial charge in [0.2, 0.25) is 5.60 Å². The van der Waals surface area contributed by atoms with Gasteiger partial charge in [-0.25, -0.2) is 4.68 Å². The van der Waals surface area contributed by atoms with E-state index in [2.05, 4.69) is 20.6 Å². The summed E-state index contributed by atoms with van der Waals surface area (Å²) in [5.74, 6) is -0.297. The number of nitrogens with one attached hydrogen (secondary N) is 2. The van der Waals surface area contributed by atoms with E-state index in [4.69, 9.17) is 4.84 Å². The number of halogens is 3. The molecule has 5 rings (SSSR count). The van der Waals surface area contributed by atoms with Gasteiger partial charge in [0.05, 0.1) is 28.8 Å². The van der Waals surface area contributed by atoms with Gasteiger partial charge in [-0.1, -0.05) is 11.2 Å². The number of carbonyl (C=O) groups is 1. The number of fused-ring (bicyclic) bond motifs is 1. The zero-order valence-electron chi connectivity index (χ0n) is 18.3. The molecule has 7 nitrogen and oxygen atoms in total. The number of benzene rings is 2. The fourth-order valence-electron chi connectivity index (χ4n) is 3.93. The highest BCUT2D eigenvalue weighted by Gasteiger charge is 2.41. The molecule has 1 aliphatic heterocycles. The second kappa shape index (κ2) is 7.75. The SMILES string of the molecule is CC1=NOC(C)(C(=O)Nc2c[nH]c3ccc(-c4cnn(-c5ccc(C(F)(F)F)cc5)c4)cc23)C1. The molecule has 1 atom stereocenters. The molecule has 0 saturated carbocycles. The van der Waals surface area contributed by atoms with Gasteiger partial charge < -0.3 is 15.1 Å². The van der Waals surface area contributed by atoms with Gasteiger partial charge >= 0.3 is 6.18 Å². The Balaban J connectivity index is 1.40. The van der Waals surface area contributed by atoms with E-state index in [-0.39, 0.29) is 5.91 Å². The molecule has 1 amide bonds. The van der Waals surface area contributed by atoms with E-state index in [1.54, 1.807) is 32.4 Å². The quantitative estimate of drug-likeness (QED) is 0.414. The summed E-state index contributed by atoms with van der Waals surface area (Å²) in [5, 5.41) is 11.9. The van der Waals surface area contributed by atoms with Crippen molar-refractivity contribution in [2.75, 3.05) is 5.32 Å². The summed E-state index contributed by atoms with van der Waals surface area (Å²) in [6, 6.07) is 10.5. The smallest absolute Gasteiger partial charge is 0.379 e. The second-order valence-electron chi connectivity index (χ2n) is 8.46. The van der Waals surface area contributed by atoms with E-state index in [0.29, 0.717) is 17.8 Å². The molecule has 0 spiro atoms. The molecule has 34 heavy (non-hydrogen) atoms. The highest BCUT2D eigenvalue weighted by molar-refractivity contribution is 6.07. The van der Waals surface area contributed by atoms with E-state index in [0.717, 1.165) is 39.9 Å². The van der Waals surface area contributed by atoms with E-state index in [1.807, 2.05) is 18.2 Å². The number of alkyl halides is 3. The predicted octanol–water partition coefficient (Wildman–Crippen LogP) is 5.53. The average molecular weight is 467 g/mol. The van der Waals surface area contributed by atoms with Crippen LogP contribution in [-0.4, -0.2) is 32.0 Å². The zero-order valence-corrected chi connectivity index (χ0v) is 18.3. The molecule has 4 aromatic rings. The highest BCUT2D eigenvalue weighted by atomic mass is 19.4. The van der Waals surface area contributed by atoms with Crippen molar-refractivity contribution in [3.63, 3.8) is 0 Å². The van der Waals surface area contributed by atoms with E-state index < -0.39 is 17.3 Å². The van der Waals surface area contributed by atoms with Crippen molar-refractivity contribution in [1.82, 2.24) is 14.8 Å². The summed E-state index contributed by atoms with van der Waals surface area (Å²) in [6.07, 6.45) is 1.11. The Morgan fingerprint density at radius 3 is 2.62 bits per heavy atom. The number of aromatic nitrogens is 3. The Hall–Kier alpha value is -4.08. The molecular formula is C24H20F3N5O2. The van der Waals surface area contributed by atoms with Gasteiger partial charge in [0.15, 0.2) is 0 Å². The van der Waals surface area contributed by atoms with Crippen LogP contribution in [0.4, 0.5) is 18.9 Å². The third-order valence-electron chi connectivity index (χ3n) is 5.78. The maximum atomic E-state index is 12.8. The fraction of sp³-hybridized carbons (Fsp3) is 0.208. The van der Waals surface area contributed by atoms with Crippen molar-refractivity contribution in [2.24, 2.45) is 5.16 Å². The minimum absolute atomic E-state index is 0.297. The average Bonchev–Trinajstić information content (AvgIpc) is 3.53. The molecule has 2 aromatic heterocycles. The van der Waals surface area contributed by atoms with Crippen LogP contribution < -0.4 is 5.32 Å². The number of nitrogens with zero attached hydrogens (tertiary/aromatic N) is 3. The predicted molar refractivity (Wildman–Crippen MR) is 122 cm³/mol. The van der Waals surface area contributed by atoms with Crippen molar-refractivity contribution in [1.29, 1.82) is 0 Å². The van der Waals surface area contributed by atoms with Crippen LogP contribution in [-0.2, 0) is 15.8 Å². The number of hydrogen-bond acceptors (Lipinski definition) is 4. The minimum Gasteiger partial charge on any atom is -0.379 e. The highest BCUT2D eigenvalue weighted by Crippen LogP contribution is 2.32. The first-order chi connectivity index (χ1) is 16.1. The standard InChI is InChI=1S/C24H20F3N5O2/c1-14-10-23(2,34-31-14)22(33)30-21-12-28-20-8-3-15(9-19(20)21)16-11-29-32(13-16)18-6-4-17(5-7-18)24(25,26)27/h3-9,11-13,28H,10H2,1-2H3,(H,30,33). The van der Waals surface area contributed by atoms with Gasteiger partial charge in [-0.3, -0.25) is 4.79 Å². The van der Waals surface area contributed by atoms with Crippen molar-refractivity contribution >= 4 is 28.2 Å². The fourth-order valence-corrected chi connectivity index (χ4v) is 3.93. The van der Waals surface area contributed by atoms with Gasteiger partial charge in [0.25, 0.3) is 5.91 Å². The van der Waals surface area contributed by atoms with E-state index in [1.165, 1.54) is 16.8 Å². The summed E-state index contributed by atoms with van der Waals surface area (Å²) in [5.41, 5.74) is 2.54. The topological polar surface area (TPSA) is 84.3 Å². The molecule has 2 N–H and O–H groups in total. The molecule has 3 heterocycles. The molecule has 0 radical (unpaired) electrons.